The molecule has 0 saturated carbocycles. The number of imidazole rings is 1. The number of hydrogen-bond acceptors (Lipinski definition) is 11. The maximum atomic E-state index is 13.5. The number of benzene rings is 3. The molecule has 12 nitrogen and oxygen atoms in total. The molecule has 15 heteroatoms. The Labute approximate surface area is 282 Å². The summed E-state index contributed by atoms with van der Waals surface area (Å²) in [4.78, 5) is 52.6. The lowest BCUT2D eigenvalue weighted by Gasteiger charge is -2.25. The van der Waals surface area contributed by atoms with Gasteiger partial charge in [0.05, 0.1) is 30.1 Å². The smallest absolute Gasteiger partial charge is 0.338 e. The van der Waals surface area contributed by atoms with E-state index < -0.39 is 49.1 Å². The molecule has 5 aromatic rings. The van der Waals surface area contributed by atoms with Crippen LogP contribution in [0.4, 0.5) is 0 Å². The minimum absolute atomic E-state index is 0.170. The summed E-state index contributed by atoms with van der Waals surface area (Å²) < 4.78 is 30.7. The van der Waals surface area contributed by atoms with Crippen molar-refractivity contribution >= 4 is 63.9 Å². The highest BCUT2D eigenvalue weighted by atomic mass is 35.5. The zero-order valence-corrected chi connectivity index (χ0v) is 26.6. The highest BCUT2D eigenvalue weighted by molar-refractivity contribution is 6.31. The van der Waals surface area contributed by atoms with Gasteiger partial charge in [0.25, 0.3) is 0 Å². The highest BCUT2D eigenvalue weighted by Crippen LogP contribution is 2.37. The number of methoxy groups -OCH3 is 1. The van der Waals surface area contributed by atoms with Crippen LogP contribution < -0.4 is 4.74 Å². The molecule has 3 aromatic carbocycles. The molecule has 47 heavy (non-hydrogen) atoms. The fraction of sp³-hybridized carbons (Fsp3) is 0.188. The summed E-state index contributed by atoms with van der Waals surface area (Å²) in [5.41, 5.74) is 1.15. The maximum absolute atomic E-state index is 13.5. The Bertz CT molecular complexity index is 1920. The molecule has 6 rings (SSSR count). The lowest BCUT2D eigenvalue weighted by molar-refractivity contribution is -0.0606. The van der Waals surface area contributed by atoms with Crippen LogP contribution in [-0.2, 0) is 18.9 Å². The van der Waals surface area contributed by atoms with Crippen molar-refractivity contribution in [2.24, 2.45) is 0 Å². The van der Waals surface area contributed by atoms with E-state index >= 15 is 0 Å². The van der Waals surface area contributed by atoms with Crippen LogP contribution in [0.2, 0.25) is 15.1 Å². The molecule has 1 aliphatic rings. The molecule has 0 N–H and O–H groups in total. The van der Waals surface area contributed by atoms with Gasteiger partial charge in [0.15, 0.2) is 29.6 Å². The highest BCUT2D eigenvalue weighted by Gasteiger charge is 2.52. The number of nitrogens with zero attached hydrogens (tertiary/aromatic N) is 4. The average Bonchev–Trinajstić information content (AvgIpc) is 3.65. The Kier molecular flexibility index (Phi) is 9.55. The fourth-order valence-corrected chi connectivity index (χ4v) is 5.26. The molecular weight excluding hydrogens is 675 g/mol. The number of esters is 3. The van der Waals surface area contributed by atoms with E-state index in [4.69, 9.17) is 58.5 Å². The first-order valence-corrected chi connectivity index (χ1v) is 15.1. The van der Waals surface area contributed by atoms with Gasteiger partial charge in [-0.05, 0) is 72.8 Å². The van der Waals surface area contributed by atoms with Crippen molar-refractivity contribution in [2.75, 3.05) is 13.7 Å². The van der Waals surface area contributed by atoms with Crippen LogP contribution in [0.15, 0.2) is 85.5 Å². The van der Waals surface area contributed by atoms with Crippen molar-refractivity contribution in [3.05, 3.63) is 117 Å². The van der Waals surface area contributed by atoms with Gasteiger partial charge in [-0.25, -0.2) is 24.4 Å². The van der Waals surface area contributed by atoms with Gasteiger partial charge < -0.3 is 23.7 Å². The van der Waals surface area contributed by atoms with E-state index in [9.17, 15) is 14.4 Å². The van der Waals surface area contributed by atoms with Crippen LogP contribution in [0, 0.1) is 0 Å². The molecule has 4 atom stereocenters. The second-order valence-corrected chi connectivity index (χ2v) is 11.4. The topological polar surface area (TPSA) is 141 Å². The summed E-state index contributed by atoms with van der Waals surface area (Å²) in [5.74, 6) is -2.02. The number of rotatable bonds is 9. The van der Waals surface area contributed by atoms with Gasteiger partial charge in [-0.2, -0.15) is 4.98 Å². The first-order chi connectivity index (χ1) is 22.7. The molecule has 1 fully saturated rings. The van der Waals surface area contributed by atoms with Crippen molar-refractivity contribution in [3.63, 3.8) is 0 Å². The summed E-state index contributed by atoms with van der Waals surface area (Å²) >= 11 is 18.0. The summed E-state index contributed by atoms with van der Waals surface area (Å²) in [5, 5.41) is 1.27. The summed E-state index contributed by atoms with van der Waals surface area (Å²) in [6, 6.07) is 18.2. The monoisotopic (exact) mass is 696 g/mol. The lowest BCUT2D eigenvalue weighted by atomic mass is 10.1. The van der Waals surface area contributed by atoms with Crippen LogP contribution >= 0.6 is 34.8 Å². The van der Waals surface area contributed by atoms with E-state index in [0.717, 1.165) is 0 Å². The third-order valence-electron chi connectivity index (χ3n) is 7.18. The number of carbonyl (C=O) groups excluding carboxylic acids is 3. The van der Waals surface area contributed by atoms with Gasteiger partial charge in [0.1, 0.15) is 19.0 Å². The second kappa shape index (κ2) is 13.9. The number of aromatic nitrogens is 4. The molecule has 0 spiro atoms. The number of hydrogen-bond donors (Lipinski definition) is 0. The number of ether oxygens (including phenoxy) is 5. The van der Waals surface area contributed by atoms with Gasteiger partial charge in [0, 0.05) is 15.1 Å². The van der Waals surface area contributed by atoms with E-state index in [2.05, 4.69) is 15.0 Å². The predicted molar refractivity (Wildman–Crippen MR) is 169 cm³/mol. The third kappa shape index (κ3) is 7.00. The number of halogens is 3. The van der Waals surface area contributed by atoms with Gasteiger partial charge in [-0.15, -0.1) is 0 Å². The lowest BCUT2D eigenvalue weighted by Crippen LogP contribution is -2.41. The normalized spacial score (nSPS) is 18.9. The standard InChI is InChI=1S/C32H23Cl3N4O8/c1-43-28-24-27(36-15-37-28)39(16-38-24)29-26(47-32(42)19-6-12-22(35)13-7-19)25(46-31(41)18-4-10-21(34)11-5-18)23(45-29)14-44-30(40)17-2-8-20(33)9-3-17/h2-13,15-16,23,25-26,29H,14H2,1H3/t23-,25-,26+,29-/m1/s1. The SMILES string of the molecule is COc1ncnc2c1ncn2[C@@H]1O[C@H](COC(=O)c2ccc(Cl)cc2)[C@@H](OC(=O)c2ccc(Cl)cc2)[C@@H]1OC(=O)c1ccc(Cl)cc1. The molecule has 0 radical (unpaired) electrons. The van der Waals surface area contributed by atoms with E-state index in [1.807, 2.05) is 0 Å². The van der Waals surface area contributed by atoms with Crippen LogP contribution in [0.5, 0.6) is 5.88 Å². The molecule has 3 heterocycles. The van der Waals surface area contributed by atoms with Crippen molar-refractivity contribution in [1.29, 1.82) is 0 Å². The van der Waals surface area contributed by atoms with Crippen molar-refractivity contribution in [3.8, 4) is 5.88 Å². The molecule has 2 aromatic heterocycles. The van der Waals surface area contributed by atoms with Gasteiger partial charge in [0.2, 0.25) is 5.88 Å². The number of fused-ring (bicyclic) bond motifs is 1. The van der Waals surface area contributed by atoms with E-state index in [1.54, 1.807) is 12.1 Å². The Hall–Kier alpha value is -4.75. The Morgan fingerprint density at radius 1 is 0.723 bits per heavy atom. The Balaban J connectivity index is 1.38. The predicted octanol–water partition coefficient (Wildman–Crippen LogP) is 6.00. The van der Waals surface area contributed by atoms with Crippen molar-refractivity contribution < 1.29 is 38.1 Å². The maximum Gasteiger partial charge on any atom is 0.338 e. The molecule has 1 saturated heterocycles. The van der Waals surface area contributed by atoms with Gasteiger partial charge >= 0.3 is 17.9 Å². The first kappa shape index (κ1) is 32.2. The zero-order valence-electron chi connectivity index (χ0n) is 24.3. The molecule has 240 valence electrons. The van der Waals surface area contributed by atoms with Crippen molar-refractivity contribution in [1.82, 2.24) is 19.5 Å². The van der Waals surface area contributed by atoms with E-state index in [0.29, 0.717) is 20.6 Å². The van der Waals surface area contributed by atoms with Crippen LogP contribution in [0.25, 0.3) is 11.2 Å². The molecular formula is C32H23Cl3N4O8. The van der Waals surface area contributed by atoms with Crippen LogP contribution in [-0.4, -0.2) is 69.5 Å². The molecule has 0 unspecified atom stereocenters. The first-order valence-electron chi connectivity index (χ1n) is 13.9. The summed E-state index contributed by atoms with van der Waals surface area (Å²) in [6.07, 6.45) is -2.22. The Morgan fingerprint density at radius 3 is 1.77 bits per heavy atom. The quantitative estimate of drug-likeness (QED) is 0.132. The summed E-state index contributed by atoms with van der Waals surface area (Å²) in [6.45, 7) is -0.392. The van der Waals surface area contributed by atoms with Crippen molar-refractivity contribution in [2.45, 2.75) is 24.5 Å². The Morgan fingerprint density at radius 2 is 1.23 bits per heavy atom. The minimum atomic E-state index is -1.30. The van der Waals surface area contributed by atoms with E-state index in [-0.39, 0.29) is 28.2 Å². The summed E-state index contributed by atoms with van der Waals surface area (Å²) in [7, 11) is 1.43. The minimum Gasteiger partial charge on any atom is -0.479 e. The molecule has 0 amide bonds. The molecule has 0 aliphatic carbocycles. The average molecular weight is 698 g/mol. The van der Waals surface area contributed by atoms with E-state index in [1.165, 1.54) is 85.0 Å². The zero-order chi connectivity index (χ0) is 33.1. The van der Waals surface area contributed by atoms with Crippen LogP contribution in [0.1, 0.15) is 37.3 Å². The van der Waals surface area contributed by atoms with Gasteiger partial charge in [-0.1, -0.05) is 34.8 Å². The van der Waals surface area contributed by atoms with Gasteiger partial charge in [-0.3, -0.25) is 4.57 Å². The largest absolute Gasteiger partial charge is 0.479 e. The fourth-order valence-electron chi connectivity index (χ4n) is 4.88. The third-order valence-corrected chi connectivity index (χ3v) is 7.94. The van der Waals surface area contributed by atoms with Crippen LogP contribution in [0.3, 0.4) is 0 Å². The molecule has 0 bridgehead atoms. The number of carbonyl (C=O) groups is 3. The second-order valence-electron chi connectivity index (χ2n) is 10.1. The molecule has 1 aliphatic heterocycles.